The zero-order valence-electron chi connectivity index (χ0n) is 8.86. The second-order valence-corrected chi connectivity index (χ2v) is 3.92. The lowest BCUT2D eigenvalue weighted by Gasteiger charge is -2.09. The normalized spacial score (nSPS) is 16.2. The Balaban J connectivity index is 2.45. The summed E-state index contributed by atoms with van der Waals surface area (Å²) in [6.07, 6.45) is 1.60. The number of aromatic hydroxyl groups is 1. The molecule has 0 heterocycles. The molecule has 1 saturated carbocycles. The van der Waals surface area contributed by atoms with E-state index < -0.39 is 11.4 Å². The van der Waals surface area contributed by atoms with Gasteiger partial charge in [-0.05, 0) is 30.5 Å². The van der Waals surface area contributed by atoms with Crippen molar-refractivity contribution in [1.82, 2.24) is 0 Å². The Morgan fingerprint density at radius 3 is 2.75 bits per heavy atom. The van der Waals surface area contributed by atoms with Crippen molar-refractivity contribution in [1.29, 1.82) is 5.26 Å². The highest BCUT2D eigenvalue weighted by atomic mass is 16.5. The first-order chi connectivity index (χ1) is 7.63. The summed E-state index contributed by atoms with van der Waals surface area (Å²) < 4.78 is 4.56. The van der Waals surface area contributed by atoms with Gasteiger partial charge in [0.25, 0.3) is 0 Å². The van der Waals surface area contributed by atoms with Gasteiger partial charge in [0.05, 0.1) is 18.6 Å². The van der Waals surface area contributed by atoms with Crippen molar-refractivity contribution in [3.05, 3.63) is 29.3 Å². The Hall–Kier alpha value is -2.02. The number of phenolic OH excluding ortho intramolecular Hbond substituents is 1. The smallest absolute Gasteiger partial charge is 0.341 e. The van der Waals surface area contributed by atoms with E-state index in [0.717, 1.165) is 18.4 Å². The molecule has 2 rings (SSSR count). The summed E-state index contributed by atoms with van der Waals surface area (Å²) >= 11 is 0. The van der Waals surface area contributed by atoms with E-state index in [2.05, 4.69) is 10.8 Å². The molecule has 16 heavy (non-hydrogen) atoms. The van der Waals surface area contributed by atoms with E-state index in [1.54, 1.807) is 6.07 Å². The molecule has 0 unspecified atom stereocenters. The maximum Gasteiger partial charge on any atom is 0.341 e. The molecule has 0 saturated heterocycles. The van der Waals surface area contributed by atoms with Gasteiger partial charge in [0.1, 0.15) is 11.3 Å². The van der Waals surface area contributed by atoms with Gasteiger partial charge in [-0.3, -0.25) is 0 Å². The average Bonchev–Trinajstić information content (AvgIpc) is 3.09. The molecule has 1 aliphatic carbocycles. The number of esters is 1. The maximum absolute atomic E-state index is 11.4. The molecule has 0 aromatic heterocycles. The zero-order chi connectivity index (χ0) is 11.8. The lowest BCUT2D eigenvalue weighted by molar-refractivity contribution is 0.0597. The van der Waals surface area contributed by atoms with Gasteiger partial charge in [-0.25, -0.2) is 4.79 Å². The molecule has 4 nitrogen and oxygen atoms in total. The Morgan fingerprint density at radius 2 is 2.25 bits per heavy atom. The number of hydrogen-bond acceptors (Lipinski definition) is 4. The van der Waals surface area contributed by atoms with Gasteiger partial charge in [0.2, 0.25) is 0 Å². The van der Waals surface area contributed by atoms with E-state index in [9.17, 15) is 9.90 Å². The molecule has 0 spiro atoms. The second-order valence-electron chi connectivity index (χ2n) is 3.92. The van der Waals surface area contributed by atoms with Crippen molar-refractivity contribution in [2.24, 2.45) is 0 Å². The van der Waals surface area contributed by atoms with E-state index in [-0.39, 0.29) is 11.3 Å². The fourth-order valence-corrected chi connectivity index (χ4v) is 1.70. The van der Waals surface area contributed by atoms with E-state index in [1.165, 1.54) is 19.2 Å². The molecule has 4 heteroatoms. The minimum absolute atomic E-state index is 0.113. The van der Waals surface area contributed by atoms with Crippen molar-refractivity contribution < 1.29 is 14.6 Å². The van der Waals surface area contributed by atoms with Crippen LogP contribution in [0.3, 0.4) is 0 Å². The average molecular weight is 217 g/mol. The van der Waals surface area contributed by atoms with Gasteiger partial charge in [-0.1, -0.05) is 6.07 Å². The molecular formula is C12H11NO3. The first-order valence-corrected chi connectivity index (χ1v) is 4.96. The van der Waals surface area contributed by atoms with E-state index in [4.69, 9.17) is 5.26 Å². The predicted molar refractivity (Wildman–Crippen MR) is 56.0 cm³/mol. The number of rotatable bonds is 2. The number of benzene rings is 1. The summed E-state index contributed by atoms with van der Waals surface area (Å²) in [5.74, 6) is -0.711. The van der Waals surface area contributed by atoms with Crippen molar-refractivity contribution >= 4 is 5.97 Å². The predicted octanol–water partition coefficient (Wildman–Crippen LogP) is 1.73. The highest BCUT2D eigenvalue weighted by Gasteiger charge is 2.45. The fourth-order valence-electron chi connectivity index (χ4n) is 1.70. The first-order valence-electron chi connectivity index (χ1n) is 4.96. The standard InChI is InChI=1S/C12H11NO3/c1-16-11(15)9-6-8(2-3-10(9)14)12(7-13)4-5-12/h2-3,6,14H,4-5H2,1H3. The number of carbonyl (C=O) groups is 1. The van der Waals surface area contributed by atoms with Crippen molar-refractivity contribution in [3.8, 4) is 11.8 Å². The molecular weight excluding hydrogens is 206 g/mol. The quantitative estimate of drug-likeness (QED) is 0.766. The van der Waals surface area contributed by atoms with Crippen LogP contribution in [0.2, 0.25) is 0 Å². The Morgan fingerprint density at radius 1 is 1.56 bits per heavy atom. The summed E-state index contributed by atoms with van der Waals surface area (Å²) in [5, 5.41) is 18.5. The fraction of sp³-hybridized carbons (Fsp3) is 0.333. The lowest BCUT2D eigenvalue weighted by Crippen LogP contribution is -2.07. The molecule has 0 radical (unpaired) electrons. The number of phenols is 1. The summed E-state index contributed by atoms with van der Waals surface area (Å²) in [7, 11) is 1.26. The molecule has 0 amide bonds. The number of ether oxygens (including phenoxy) is 1. The van der Waals surface area contributed by atoms with Crippen LogP contribution in [0.15, 0.2) is 18.2 Å². The van der Waals surface area contributed by atoms with Crippen LogP contribution in [-0.2, 0) is 10.2 Å². The van der Waals surface area contributed by atoms with Crippen molar-refractivity contribution in [2.75, 3.05) is 7.11 Å². The SMILES string of the molecule is COC(=O)c1cc(C2(C#N)CC2)ccc1O. The first kappa shape index (κ1) is 10.5. The molecule has 1 aromatic rings. The minimum Gasteiger partial charge on any atom is -0.507 e. The minimum atomic E-state index is -0.590. The lowest BCUT2D eigenvalue weighted by atomic mass is 9.95. The highest BCUT2D eigenvalue weighted by Crippen LogP contribution is 2.48. The summed E-state index contributed by atoms with van der Waals surface area (Å²) in [6.45, 7) is 0. The number of methoxy groups -OCH3 is 1. The molecule has 0 aliphatic heterocycles. The van der Waals surface area contributed by atoms with Crippen LogP contribution in [0, 0.1) is 11.3 Å². The summed E-state index contributed by atoms with van der Waals surface area (Å²) in [6, 6.07) is 6.89. The molecule has 82 valence electrons. The van der Waals surface area contributed by atoms with Crippen LogP contribution in [0.5, 0.6) is 5.75 Å². The van der Waals surface area contributed by atoms with Gasteiger partial charge in [0.15, 0.2) is 0 Å². The van der Waals surface area contributed by atoms with Crippen LogP contribution < -0.4 is 0 Å². The monoisotopic (exact) mass is 217 g/mol. The van der Waals surface area contributed by atoms with E-state index in [1.807, 2.05) is 0 Å². The van der Waals surface area contributed by atoms with Gasteiger partial charge >= 0.3 is 5.97 Å². The zero-order valence-corrected chi connectivity index (χ0v) is 8.86. The topological polar surface area (TPSA) is 70.3 Å². The number of nitrogens with zero attached hydrogens (tertiary/aromatic N) is 1. The second kappa shape index (κ2) is 3.53. The summed E-state index contributed by atoms with van der Waals surface area (Å²) in [4.78, 5) is 11.4. The molecule has 0 bridgehead atoms. The summed E-state index contributed by atoms with van der Waals surface area (Å²) in [5.41, 5.74) is 0.422. The van der Waals surface area contributed by atoms with Crippen LogP contribution in [0.4, 0.5) is 0 Å². The molecule has 1 fully saturated rings. The van der Waals surface area contributed by atoms with Gasteiger partial charge < -0.3 is 9.84 Å². The highest BCUT2D eigenvalue weighted by molar-refractivity contribution is 5.92. The largest absolute Gasteiger partial charge is 0.507 e. The van der Waals surface area contributed by atoms with Crippen LogP contribution >= 0.6 is 0 Å². The Labute approximate surface area is 93.1 Å². The van der Waals surface area contributed by atoms with E-state index in [0.29, 0.717) is 0 Å². The van der Waals surface area contributed by atoms with Gasteiger partial charge in [0, 0.05) is 0 Å². The molecule has 1 N–H and O–H groups in total. The third-order valence-electron chi connectivity index (χ3n) is 2.92. The Bertz CT molecular complexity index is 484. The molecule has 1 aromatic carbocycles. The number of hydrogen-bond donors (Lipinski definition) is 1. The van der Waals surface area contributed by atoms with Crippen molar-refractivity contribution in [2.45, 2.75) is 18.3 Å². The van der Waals surface area contributed by atoms with Gasteiger partial charge in [-0.2, -0.15) is 5.26 Å². The maximum atomic E-state index is 11.4. The third-order valence-corrected chi connectivity index (χ3v) is 2.92. The van der Waals surface area contributed by atoms with Crippen LogP contribution in [0.25, 0.3) is 0 Å². The van der Waals surface area contributed by atoms with Gasteiger partial charge in [-0.15, -0.1) is 0 Å². The van der Waals surface area contributed by atoms with Crippen molar-refractivity contribution in [3.63, 3.8) is 0 Å². The number of nitriles is 1. The van der Waals surface area contributed by atoms with Crippen LogP contribution in [0.1, 0.15) is 28.8 Å². The molecule has 1 aliphatic rings. The van der Waals surface area contributed by atoms with E-state index >= 15 is 0 Å². The van der Waals surface area contributed by atoms with Crippen LogP contribution in [-0.4, -0.2) is 18.2 Å². The Kier molecular flexibility index (Phi) is 2.31. The third kappa shape index (κ3) is 1.50. The number of carbonyl (C=O) groups excluding carboxylic acids is 1. The molecule has 0 atom stereocenters.